The first kappa shape index (κ1) is 12.4. The predicted octanol–water partition coefficient (Wildman–Crippen LogP) is 3.19. The fourth-order valence-electron chi connectivity index (χ4n) is 2.56. The zero-order chi connectivity index (χ0) is 12.5. The van der Waals surface area contributed by atoms with E-state index in [1.807, 2.05) is 0 Å². The number of ether oxygens (including phenoxy) is 1. The molecule has 1 N–H and O–H groups in total. The molecule has 94 valence electrons. The lowest BCUT2D eigenvalue weighted by Gasteiger charge is -2.26. The SMILES string of the molecule is CC(C)Oc1ccc(C2CNCC2(C)C)cc1. The highest BCUT2D eigenvalue weighted by molar-refractivity contribution is 5.31. The molecule has 2 heteroatoms. The predicted molar refractivity (Wildman–Crippen MR) is 71.6 cm³/mol. The van der Waals surface area contributed by atoms with Gasteiger partial charge in [0.05, 0.1) is 6.10 Å². The molecular weight excluding hydrogens is 210 g/mol. The zero-order valence-corrected chi connectivity index (χ0v) is 11.3. The summed E-state index contributed by atoms with van der Waals surface area (Å²) < 4.78 is 5.67. The van der Waals surface area contributed by atoms with Gasteiger partial charge in [-0.15, -0.1) is 0 Å². The van der Waals surface area contributed by atoms with Crippen LogP contribution in [0.4, 0.5) is 0 Å². The highest BCUT2D eigenvalue weighted by Gasteiger charge is 2.35. The first-order valence-corrected chi connectivity index (χ1v) is 6.46. The van der Waals surface area contributed by atoms with Crippen LogP contribution in [0.2, 0.25) is 0 Å². The van der Waals surface area contributed by atoms with Crippen LogP contribution in [0.3, 0.4) is 0 Å². The maximum Gasteiger partial charge on any atom is 0.119 e. The van der Waals surface area contributed by atoms with Crippen LogP contribution in [0, 0.1) is 5.41 Å². The molecule has 1 fully saturated rings. The summed E-state index contributed by atoms with van der Waals surface area (Å²) in [6.45, 7) is 10.9. The summed E-state index contributed by atoms with van der Waals surface area (Å²) in [4.78, 5) is 0. The lowest BCUT2D eigenvalue weighted by molar-refractivity contribution is 0.242. The second-order valence-corrected chi connectivity index (χ2v) is 5.91. The molecule has 1 atom stereocenters. The first-order valence-electron chi connectivity index (χ1n) is 6.46. The van der Waals surface area contributed by atoms with E-state index >= 15 is 0 Å². The fourth-order valence-corrected chi connectivity index (χ4v) is 2.56. The van der Waals surface area contributed by atoms with Crippen molar-refractivity contribution >= 4 is 0 Å². The van der Waals surface area contributed by atoms with Gasteiger partial charge in [-0.05, 0) is 37.0 Å². The Balaban J connectivity index is 2.12. The molecule has 0 saturated carbocycles. The Morgan fingerprint density at radius 2 is 1.88 bits per heavy atom. The van der Waals surface area contributed by atoms with Gasteiger partial charge in [0.1, 0.15) is 5.75 Å². The molecule has 1 aliphatic rings. The van der Waals surface area contributed by atoms with Crippen LogP contribution >= 0.6 is 0 Å². The Labute approximate surface area is 104 Å². The number of hydrogen-bond acceptors (Lipinski definition) is 2. The van der Waals surface area contributed by atoms with Gasteiger partial charge >= 0.3 is 0 Å². The third-order valence-corrected chi connectivity index (χ3v) is 3.53. The summed E-state index contributed by atoms with van der Waals surface area (Å²) in [6.07, 6.45) is 0.241. The van der Waals surface area contributed by atoms with Crippen molar-refractivity contribution in [2.45, 2.75) is 39.7 Å². The molecule has 1 heterocycles. The van der Waals surface area contributed by atoms with Crippen molar-refractivity contribution in [1.82, 2.24) is 5.32 Å². The molecule has 2 rings (SSSR count). The van der Waals surface area contributed by atoms with E-state index in [2.05, 4.69) is 57.3 Å². The highest BCUT2D eigenvalue weighted by Crippen LogP contribution is 2.38. The van der Waals surface area contributed by atoms with E-state index in [9.17, 15) is 0 Å². The number of rotatable bonds is 3. The van der Waals surface area contributed by atoms with Crippen molar-refractivity contribution < 1.29 is 4.74 Å². The van der Waals surface area contributed by atoms with Gasteiger partial charge in [0.15, 0.2) is 0 Å². The molecule has 0 spiro atoms. The van der Waals surface area contributed by atoms with Crippen LogP contribution in [0.15, 0.2) is 24.3 Å². The lowest BCUT2D eigenvalue weighted by atomic mass is 9.78. The molecule has 0 bridgehead atoms. The molecule has 0 aliphatic carbocycles. The summed E-state index contributed by atoms with van der Waals surface area (Å²) in [5, 5.41) is 3.48. The van der Waals surface area contributed by atoms with Gasteiger partial charge in [0, 0.05) is 19.0 Å². The summed E-state index contributed by atoms with van der Waals surface area (Å²) >= 11 is 0. The first-order chi connectivity index (χ1) is 7.99. The van der Waals surface area contributed by atoms with E-state index in [0.717, 1.165) is 18.8 Å². The minimum absolute atomic E-state index is 0.241. The van der Waals surface area contributed by atoms with E-state index in [1.165, 1.54) is 5.56 Å². The minimum Gasteiger partial charge on any atom is -0.491 e. The molecule has 0 amide bonds. The summed E-state index contributed by atoms with van der Waals surface area (Å²) in [7, 11) is 0. The Morgan fingerprint density at radius 1 is 1.24 bits per heavy atom. The van der Waals surface area contributed by atoms with E-state index < -0.39 is 0 Å². The molecule has 0 radical (unpaired) electrons. The van der Waals surface area contributed by atoms with Crippen molar-refractivity contribution in [3.63, 3.8) is 0 Å². The Kier molecular flexibility index (Phi) is 3.43. The molecule has 1 aromatic carbocycles. The largest absolute Gasteiger partial charge is 0.491 e. The van der Waals surface area contributed by atoms with E-state index in [0.29, 0.717) is 11.3 Å². The maximum atomic E-state index is 5.67. The van der Waals surface area contributed by atoms with E-state index in [1.54, 1.807) is 0 Å². The number of nitrogens with one attached hydrogen (secondary N) is 1. The van der Waals surface area contributed by atoms with Gasteiger partial charge in [0.2, 0.25) is 0 Å². The van der Waals surface area contributed by atoms with E-state index in [4.69, 9.17) is 4.74 Å². The van der Waals surface area contributed by atoms with Gasteiger partial charge in [-0.2, -0.15) is 0 Å². The summed E-state index contributed by atoms with van der Waals surface area (Å²) in [6, 6.07) is 8.59. The average molecular weight is 233 g/mol. The van der Waals surface area contributed by atoms with E-state index in [-0.39, 0.29) is 6.10 Å². The Bertz CT molecular complexity index is 367. The van der Waals surface area contributed by atoms with Gasteiger partial charge < -0.3 is 10.1 Å². The second kappa shape index (κ2) is 4.69. The molecule has 0 aromatic heterocycles. The monoisotopic (exact) mass is 233 g/mol. The van der Waals surface area contributed by atoms with Crippen molar-refractivity contribution in [3.8, 4) is 5.75 Å². The summed E-state index contributed by atoms with van der Waals surface area (Å²) in [5.41, 5.74) is 1.76. The van der Waals surface area contributed by atoms with Gasteiger partial charge in [-0.3, -0.25) is 0 Å². The second-order valence-electron chi connectivity index (χ2n) is 5.91. The van der Waals surface area contributed by atoms with Crippen molar-refractivity contribution in [3.05, 3.63) is 29.8 Å². The quantitative estimate of drug-likeness (QED) is 0.865. The maximum absolute atomic E-state index is 5.67. The average Bonchev–Trinajstić information content (AvgIpc) is 2.58. The van der Waals surface area contributed by atoms with Gasteiger partial charge in [-0.25, -0.2) is 0 Å². The molecule has 17 heavy (non-hydrogen) atoms. The number of benzene rings is 1. The van der Waals surface area contributed by atoms with Gasteiger partial charge in [-0.1, -0.05) is 26.0 Å². The van der Waals surface area contributed by atoms with Crippen molar-refractivity contribution in [2.75, 3.05) is 13.1 Å². The summed E-state index contributed by atoms with van der Waals surface area (Å²) in [5.74, 6) is 1.57. The minimum atomic E-state index is 0.241. The lowest BCUT2D eigenvalue weighted by Crippen LogP contribution is -2.20. The standard InChI is InChI=1S/C15H23NO/c1-11(2)17-13-7-5-12(6-8-13)14-9-16-10-15(14,3)4/h5-8,11,14,16H,9-10H2,1-4H3. The van der Waals surface area contributed by atoms with Crippen LogP contribution in [-0.2, 0) is 0 Å². The van der Waals surface area contributed by atoms with Crippen molar-refractivity contribution in [2.24, 2.45) is 5.41 Å². The molecule has 2 nitrogen and oxygen atoms in total. The molecular formula is C15H23NO. The smallest absolute Gasteiger partial charge is 0.119 e. The van der Waals surface area contributed by atoms with Crippen LogP contribution in [0.5, 0.6) is 5.75 Å². The number of hydrogen-bond donors (Lipinski definition) is 1. The van der Waals surface area contributed by atoms with Crippen LogP contribution in [0.1, 0.15) is 39.2 Å². The fraction of sp³-hybridized carbons (Fsp3) is 0.600. The molecule has 1 saturated heterocycles. The van der Waals surface area contributed by atoms with Gasteiger partial charge in [0.25, 0.3) is 0 Å². The highest BCUT2D eigenvalue weighted by atomic mass is 16.5. The third kappa shape index (κ3) is 2.81. The zero-order valence-electron chi connectivity index (χ0n) is 11.3. The van der Waals surface area contributed by atoms with Crippen LogP contribution in [-0.4, -0.2) is 19.2 Å². The molecule has 1 unspecified atom stereocenters. The Morgan fingerprint density at radius 3 is 2.35 bits per heavy atom. The molecule has 1 aliphatic heterocycles. The van der Waals surface area contributed by atoms with Crippen LogP contribution in [0.25, 0.3) is 0 Å². The normalized spacial score (nSPS) is 23.0. The Hall–Kier alpha value is -1.02. The topological polar surface area (TPSA) is 21.3 Å². The van der Waals surface area contributed by atoms with Crippen molar-refractivity contribution in [1.29, 1.82) is 0 Å². The molecule has 1 aromatic rings. The van der Waals surface area contributed by atoms with Crippen LogP contribution < -0.4 is 10.1 Å². The third-order valence-electron chi connectivity index (χ3n) is 3.53.